The second-order valence-electron chi connectivity index (χ2n) is 22.4. The minimum Gasteiger partial charge on any atom is -0.492 e. The summed E-state index contributed by atoms with van der Waals surface area (Å²) < 4.78 is 52.8. The first kappa shape index (κ1) is 58.4. The summed E-state index contributed by atoms with van der Waals surface area (Å²) in [6, 6.07) is 15.5. The Kier molecular flexibility index (Phi) is 20.6. The highest BCUT2D eigenvalue weighted by Gasteiger charge is 2.73. The van der Waals surface area contributed by atoms with Crippen molar-refractivity contribution in [3.8, 4) is 11.5 Å². The lowest BCUT2D eigenvalue weighted by molar-refractivity contribution is -0.171. The van der Waals surface area contributed by atoms with Gasteiger partial charge < -0.3 is 62.6 Å². The van der Waals surface area contributed by atoms with E-state index in [1.807, 2.05) is 76.7 Å². The van der Waals surface area contributed by atoms with Crippen LogP contribution < -0.4 is 9.47 Å². The van der Waals surface area contributed by atoms with Gasteiger partial charge >= 0.3 is 11.9 Å². The lowest BCUT2D eigenvalue weighted by Gasteiger charge is -2.42. The molecule has 12 atom stereocenters. The SMILES string of the molecule is CN(C)CCOc1ccc(CCC(=O)O)cc1.CO[C@@H]1C(O)CC[C@]2(CO2)[C@H]1[C@@]1(C)O[C@@H]1/C=C/C(C)C.CO[C@@H]1C(OC(=O)CCc2ccc(OCCN(C)C)cc2)CC[C@]2(CO2)[C@H]1[C@@]1(C)O[C@@H]1/C=C/C(C)C. The molecule has 2 spiro atoms. The summed E-state index contributed by atoms with van der Waals surface area (Å²) in [5.74, 6) is 1.81. The van der Waals surface area contributed by atoms with E-state index in [1.165, 1.54) is 0 Å². The average Bonchev–Trinajstić information content (AvgIpc) is 4.23. The van der Waals surface area contributed by atoms with Crippen molar-refractivity contribution < 1.29 is 62.4 Å². The molecule has 0 bridgehead atoms. The number of carbonyl (C=O) groups excluding carboxylic acids is 1. The molecule has 408 valence electrons. The Morgan fingerprint density at radius 2 is 1.11 bits per heavy atom. The molecule has 73 heavy (non-hydrogen) atoms. The van der Waals surface area contributed by atoms with Crippen LogP contribution in [-0.4, -0.2) is 173 Å². The minimum atomic E-state index is -0.767. The number of nitrogens with zero attached hydrogens (tertiary/aromatic N) is 2. The summed E-state index contributed by atoms with van der Waals surface area (Å²) in [5.41, 5.74) is 1.10. The maximum Gasteiger partial charge on any atom is 0.306 e. The Labute approximate surface area is 435 Å². The molecular weight excluding hydrogens is 933 g/mol. The number of aliphatic hydroxyl groups is 1. The molecule has 4 heterocycles. The van der Waals surface area contributed by atoms with Crippen LogP contribution in [0.4, 0.5) is 0 Å². The highest BCUT2D eigenvalue weighted by atomic mass is 16.6. The van der Waals surface area contributed by atoms with Crippen molar-refractivity contribution in [2.24, 2.45) is 23.7 Å². The Bertz CT molecular complexity index is 2100. The molecule has 2 aromatic rings. The number of benzene rings is 2. The maximum atomic E-state index is 12.8. The molecule has 4 saturated heterocycles. The van der Waals surface area contributed by atoms with Crippen LogP contribution in [0.5, 0.6) is 11.5 Å². The molecule has 2 saturated carbocycles. The van der Waals surface area contributed by atoms with Crippen LogP contribution in [-0.2, 0) is 55.6 Å². The van der Waals surface area contributed by atoms with Gasteiger partial charge in [-0.25, -0.2) is 0 Å². The van der Waals surface area contributed by atoms with E-state index < -0.39 is 12.1 Å². The normalized spacial score (nSPS) is 32.9. The van der Waals surface area contributed by atoms with E-state index in [1.54, 1.807) is 14.2 Å². The first-order valence-electron chi connectivity index (χ1n) is 26.6. The number of methoxy groups -OCH3 is 2. The van der Waals surface area contributed by atoms with Crippen molar-refractivity contribution in [1.82, 2.24) is 9.80 Å². The molecule has 2 aliphatic carbocycles. The quantitative estimate of drug-likeness (QED) is 0.0632. The van der Waals surface area contributed by atoms with Crippen LogP contribution in [0, 0.1) is 23.7 Å². The predicted molar refractivity (Wildman–Crippen MR) is 280 cm³/mol. The number of carboxylic acids is 1. The van der Waals surface area contributed by atoms with Crippen molar-refractivity contribution in [1.29, 1.82) is 0 Å². The molecule has 0 radical (unpaired) electrons. The Hall–Kier alpha value is -3.90. The van der Waals surface area contributed by atoms with Crippen LogP contribution in [0.3, 0.4) is 0 Å². The number of likely N-dealkylation sites (N-methyl/N-ethyl adjacent to an activating group) is 2. The third kappa shape index (κ3) is 16.1. The second kappa shape index (κ2) is 25.8. The van der Waals surface area contributed by atoms with E-state index in [2.05, 4.69) is 75.6 Å². The standard InChI is InChI=1S/C29H43NO6.C16H26O4.C13H19NO3/c1-20(2)7-13-24-28(3,36-24)27-26(32-6)23(15-16-29(27)19-34-29)35-25(31)14-10-21-8-11-22(12-9-21)33-18-17-30(4)5;1-10(2)5-6-12-15(3,20-12)14-13(18-4)11(17)7-8-16(14)9-19-16;1-14(2)9-10-17-12-6-3-11(4-7-12)5-8-13(15)16/h7-9,11-13,20,23-24,26-27H,10,14-19H2,1-6H3;5-6,10-14,17H,7-9H2,1-4H3;3-4,6-7H,5,8-10H2,1-2H3,(H,15,16)/b13-7+;6-5+;/t23?,24-,26-,27-,28+,29+;11?,12-,13-,14-,15+,16+;/m11./s1. The predicted octanol–water partition coefficient (Wildman–Crippen LogP) is 7.59. The number of allylic oxidation sites excluding steroid dienone is 2. The van der Waals surface area contributed by atoms with Gasteiger partial charge in [-0.05, 0) is 128 Å². The number of carbonyl (C=O) groups is 2. The monoisotopic (exact) mass is 1020 g/mol. The summed E-state index contributed by atoms with van der Waals surface area (Å²) in [6.45, 7) is 17.4. The molecule has 4 aliphatic heterocycles. The van der Waals surface area contributed by atoms with Crippen LogP contribution in [0.2, 0.25) is 0 Å². The molecule has 0 amide bonds. The molecule has 6 fully saturated rings. The number of epoxide rings is 4. The largest absolute Gasteiger partial charge is 0.492 e. The summed E-state index contributed by atoms with van der Waals surface area (Å²) in [5, 5.41) is 18.8. The number of ether oxygens (including phenoxy) is 9. The van der Waals surface area contributed by atoms with Gasteiger partial charge in [0.1, 0.15) is 65.9 Å². The number of aliphatic carboxylic acids is 1. The number of hydrogen-bond donors (Lipinski definition) is 2. The number of aliphatic hydroxyl groups excluding tert-OH is 1. The number of rotatable bonds is 23. The topological polar surface area (TPSA) is 177 Å². The Balaban J connectivity index is 0.000000198. The summed E-state index contributed by atoms with van der Waals surface area (Å²) in [7, 11) is 11.4. The van der Waals surface area contributed by atoms with E-state index in [-0.39, 0.29) is 77.1 Å². The molecule has 0 aromatic heterocycles. The van der Waals surface area contributed by atoms with Crippen molar-refractivity contribution in [2.45, 2.75) is 152 Å². The van der Waals surface area contributed by atoms with Gasteiger partial charge in [-0.2, -0.15) is 0 Å². The van der Waals surface area contributed by atoms with Crippen molar-refractivity contribution >= 4 is 11.9 Å². The first-order valence-corrected chi connectivity index (χ1v) is 26.6. The fraction of sp³-hybridized carbons (Fsp3) is 0.690. The van der Waals surface area contributed by atoms with Crippen LogP contribution >= 0.6 is 0 Å². The third-order valence-electron chi connectivity index (χ3n) is 15.2. The molecule has 2 N–H and O–H groups in total. The summed E-state index contributed by atoms with van der Waals surface area (Å²) in [4.78, 5) is 27.4. The van der Waals surface area contributed by atoms with E-state index in [9.17, 15) is 14.7 Å². The zero-order chi connectivity index (χ0) is 53.1. The highest BCUT2D eigenvalue weighted by Crippen LogP contribution is 2.60. The minimum absolute atomic E-state index is 0.0170. The number of carboxylic acid groups (broad SMARTS) is 1. The average molecular weight is 1020 g/mol. The van der Waals surface area contributed by atoms with E-state index in [4.69, 9.17) is 47.7 Å². The third-order valence-corrected chi connectivity index (χ3v) is 15.2. The van der Waals surface area contributed by atoms with Gasteiger partial charge in [-0.1, -0.05) is 76.3 Å². The summed E-state index contributed by atoms with van der Waals surface area (Å²) in [6.07, 6.45) is 12.5. The van der Waals surface area contributed by atoms with Gasteiger partial charge in [0, 0.05) is 40.2 Å². The van der Waals surface area contributed by atoms with Gasteiger partial charge in [0.15, 0.2) is 0 Å². The lowest BCUT2D eigenvalue weighted by atomic mass is 9.68. The molecule has 2 aromatic carbocycles. The van der Waals surface area contributed by atoms with Gasteiger partial charge in [-0.3, -0.25) is 9.59 Å². The second-order valence-corrected chi connectivity index (χ2v) is 22.4. The van der Waals surface area contributed by atoms with E-state index >= 15 is 0 Å². The van der Waals surface area contributed by atoms with Gasteiger partial charge in [-0.15, -0.1) is 0 Å². The first-order chi connectivity index (χ1) is 34.7. The molecule has 15 heteroatoms. The van der Waals surface area contributed by atoms with Gasteiger partial charge in [0.2, 0.25) is 0 Å². The van der Waals surface area contributed by atoms with Crippen LogP contribution in [0.25, 0.3) is 0 Å². The molecule has 2 unspecified atom stereocenters. The molecule has 15 nitrogen and oxygen atoms in total. The van der Waals surface area contributed by atoms with Crippen LogP contribution in [0.1, 0.15) is 91.2 Å². The number of hydrogen-bond acceptors (Lipinski definition) is 14. The van der Waals surface area contributed by atoms with E-state index in [0.29, 0.717) is 50.9 Å². The molecular formula is C58H88N2O13. The fourth-order valence-electron chi connectivity index (χ4n) is 10.7. The smallest absolute Gasteiger partial charge is 0.306 e. The molecule has 8 rings (SSSR count). The fourth-order valence-corrected chi connectivity index (χ4v) is 10.7. The number of aryl methyl sites for hydroxylation is 2. The molecule has 6 aliphatic rings. The lowest BCUT2D eigenvalue weighted by Crippen LogP contribution is -2.55. The van der Waals surface area contributed by atoms with Crippen molar-refractivity contribution in [3.05, 3.63) is 84.0 Å². The summed E-state index contributed by atoms with van der Waals surface area (Å²) >= 11 is 0. The van der Waals surface area contributed by atoms with Gasteiger partial charge in [0.25, 0.3) is 0 Å². The van der Waals surface area contributed by atoms with Crippen LogP contribution in [0.15, 0.2) is 72.8 Å². The van der Waals surface area contributed by atoms with Gasteiger partial charge in [0.05, 0.1) is 42.9 Å². The Morgan fingerprint density at radius 1 is 0.685 bits per heavy atom. The zero-order valence-electron chi connectivity index (χ0n) is 45.9. The zero-order valence-corrected chi connectivity index (χ0v) is 45.9. The van der Waals surface area contributed by atoms with Crippen molar-refractivity contribution in [3.63, 3.8) is 0 Å². The van der Waals surface area contributed by atoms with Crippen molar-refractivity contribution in [2.75, 3.05) is 81.9 Å². The Morgan fingerprint density at radius 3 is 1.51 bits per heavy atom. The number of esters is 1. The van der Waals surface area contributed by atoms with E-state index in [0.717, 1.165) is 68.0 Å². The maximum absolute atomic E-state index is 12.8. The highest BCUT2D eigenvalue weighted by molar-refractivity contribution is 5.70.